The monoisotopic (exact) mass is 618 g/mol. The molecule has 4 heterocycles. The third-order valence-electron chi connectivity index (χ3n) is 9.15. The number of carbonyl (C=O) groups excluding carboxylic acids is 1. The van der Waals surface area contributed by atoms with Gasteiger partial charge < -0.3 is 29.1 Å². The highest BCUT2D eigenvalue weighted by Crippen LogP contribution is 2.53. The van der Waals surface area contributed by atoms with Crippen LogP contribution in [0.15, 0.2) is 18.3 Å². The van der Waals surface area contributed by atoms with E-state index in [0.717, 1.165) is 30.2 Å². The van der Waals surface area contributed by atoms with Gasteiger partial charge >= 0.3 is 12.1 Å². The van der Waals surface area contributed by atoms with Gasteiger partial charge in [-0.1, -0.05) is 0 Å². The number of halogens is 1. The van der Waals surface area contributed by atoms with Crippen molar-refractivity contribution in [2.45, 2.75) is 83.6 Å². The van der Waals surface area contributed by atoms with Gasteiger partial charge in [0.05, 0.1) is 29.9 Å². The summed E-state index contributed by atoms with van der Waals surface area (Å²) in [5.41, 5.74) is 2.83. The Morgan fingerprint density at radius 2 is 1.93 bits per heavy atom. The molecule has 11 nitrogen and oxygen atoms in total. The molecule has 0 radical (unpaired) electrons. The highest BCUT2D eigenvalue weighted by Gasteiger charge is 2.48. The van der Waals surface area contributed by atoms with E-state index in [0.29, 0.717) is 52.0 Å². The van der Waals surface area contributed by atoms with Crippen LogP contribution in [0, 0.1) is 12.7 Å². The quantitative estimate of drug-likeness (QED) is 0.264. The summed E-state index contributed by atoms with van der Waals surface area (Å²) in [4.78, 5) is 26.6. The first-order chi connectivity index (χ1) is 21.4. The van der Waals surface area contributed by atoms with Crippen LogP contribution in [0.3, 0.4) is 0 Å². The molecule has 0 unspecified atom stereocenters. The van der Waals surface area contributed by atoms with Crippen molar-refractivity contribution < 1.29 is 28.5 Å². The fourth-order valence-corrected chi connectivity index (χ4v) is 6.71. The van der Waals surface area contributed by atoms with Crippen molar-refractivity contribution in [1.82, 2.24) is 25.1 Å². The van der Waals surface area contributed by atoms with E-state index in [1.807, 2.05) is 32.6 Å². The second-order valence-corrected chi connectivity index (χ2v) is 13.6. The topological polar surface area (TPSA) is 126 Å². The Morgan fingerprint density at radius 3 is 2.60 bits per heavy atom. The number of aromatic amines is 1. The number of hydrogen-bond donors (Lipinski definition) is 2. The minimum absolute atomic E-state index is 0.00794. The number of nitrogens with zero attached hydrogens (tertiary/aromatic N) is 5. The van der Waals surface area contributed by atoms with Crippen molar-refractivity contribution in [3.63, 3.8) is 0 Å². The van der Waals surface area contributed by atoms with Gasteiger partial charge in [0, 0.05) is 42.1 Å². The molecule has 1 aliphatic carbocycles. The zero-order valence-corrected chi connectivity index (χ0v) is 26.5. The largest absolute Gasteiger partial charge is 0.505 e. The number of aromatic hydroxyl groups is 1. The number of rotatable bonds is 7. The van der Waals surface area contributed by atoms with Gasteiger partial charge in [-0.15, -0.1) is 0 Å². The normalized spacial score (nSPS) is 20.4. The molecule has 1 saturated carbocycles. The lowest BCUT2D eigenvalue weighted by molar-refractivity contribution is 0.0214. The van der Waals surface area contributed by atoms with Crippen LogP contribution in [-0.2, 0) is 9.47 Å². The van der Waals surface area contributed by atoms with Crippen molar-refractivity contribution in [2.75, 3.05) is 31.7 Å². The number of ether oxygens (including phenoxy) is 3. The smallest absolute Gasteiger partial charge is 0.410 e. The number of nitrogens with one attached hydrogen (secondary N) is 1. The molecule has 3 fully saturated rings. The van der Waals surface area contributed by atoms with E-state index in [1.54, 1.807) is 20.2 Å². The van der Waals surface area contributed by atoms with E-state index in [4.69, 9.17) is 24.2 Å². The standard InChI is InChI=1S/C33H39FN6O5/c1-16(43-6)15-44-31-36-28-22(30(37-31)39-13-20-9-19(39)14-40(20)32(42)45-33(3,4)5)10-21(18-7-8-18)27(29(28)41)26-17(2)24(34)11-25-23(26)12-35-38-25/h10-12,16,18-20,41H,7-9,13-15H2,1-6H3,(H,35,38)/t16-,19-,20-/m0/s1. The van der Waals surface area contributed by atoms with E-state index >= 15 is 4.39 Å². The molecule has 45 heavy (non-hydrogen) atoms. The summed E-state index contributed by atoms with van der Waals surface area (Å²) in [6.07, 6.45) is 3.86. The number of amides is 1. The van der Waals surface area contributed by atoms with Crippen LogP contribution in [0.25, 0.3) is 32.9 Å². The second-order valence-electron chi connectivity index (χ2n) is 13.6. The Hall–Kier alpha value is -4.19. The predicted octanol–water partition coefficient (Wildman–Crippen LogP) is 5.82. The van der Waals surface area contributed by atoms with Crippen molar-refractivity contribution in [2.24, 2.45) is 0 Å². The summed E-state index contributed by atoms with van der Waals surface area (Å²) in [7, 11) is 1.60. The minimum Gasteiger partial charge on any atom is -0.505 e. The zero-order valence-electron chi connectivity index (χ0n) is 26.5. The number of likely N-dealkylation sites (tertiary alicyclic amines) is 1. The Kier molecular flexibility index (Phi) is 7.03. The zero-order chi connectivity index (χ0) is 31.8. The third-order valence-corrected chi connectivity index (χ3v) is 9.15. The first kappa shape index (κ1) is 29.5. The maximum absolute atomic E-state index is 15.2. The van der Waals surface area contributed by atoms with Gasteiger partial charge in [0.25, 0.3) is 0 Å². The Bertz CT molecular complexity index is 1820. The number of aromatic nitrogens is 4. The Labute approximate surface area is 260 Å². The van der Waals surface area contributed by atoms with E-state index < -0.39 is 5.60 Å². The highest BCUT2D eigenvalue weighted by atomic mass is 19.1. The molecule has 238 valence electrons. The number of phenols is 1. The fraction of sp³-hybridized carbons (Fsp3) is 0.515. The summed E-state index contributed by atoms with van der Waals surface area (Å²) >= 11 is 0. The summed E-state index contributed by atoms with van der Waals surface area (Å²) in [5.74, 6) is 0.429. The molecule has 12 heteroatoms. The van der Waals surface area contributed by atoms with Crippen LogP contribution in [0.2, 0.25) is 0 Å². The number of anilines is 1. The average Bonchev–Trinajstić information content (AvgIpc) is 3.38. The predicted molar refractivity (Wildman–Crippen MR) is 167 cm³/mol. The third kappa shape index (κ3) is 5.18. The van der Waals surface area contributed by atoms with Crippen LogP contribution in [0.1, 0.15) is 64.0 Å². The lowest BCUT2D eigenvalue weighted by Crippen LogP contribution is -2.50. The lowest BCUT2D eigenvalue weighted by atomic mass is 9.89. The number of benzene rings is 2. The average molecular weight is 619 g/mol. The number of methoxy groups -OCH3 is 1. The van der Waals surface area contributed by atoms with E-state index in [2.05, 4.69) is 21.2 Å². The molecule has 2 aromatic heterocycles. The summed E-state index contributed by atoms with van der Waals surface area (Å²) in [6.45, 7) is 10.5. The number of carbonyl (C=O) groups is 1. The number of fused-ring (bicyclic) bond motifs is 4. The van der Waals surface area contributed by atoms with Gasteiger partial charge in [0.2, 0.25) is 0 Å². The molecule has 3 atom stereocenters. The van der Waals surface area contributed by atoms with E-state index in [-0.39, 0.29) is 54.4 Å². The molecule has 0 spiro atoms. The van der Waals surface area contributed by atoms with Crippen LogP contribution in [-0.4, -0.2) is 86.9 Å². The van der Waals surface area contributed by atoms with E-state index in [9.17, 15) is 9.90 Å². The molecule has 2 aromatic carbocycles. The maximum atomic E-state index is 15.2. The van der Waals surface area contributed by atoms with Gasteiger partial charge in [-0.3, -0.25) is 5.10 Å². The summed E-state index contributed by atoms with van der Waals surface area (Å²) in [5, 5.41) is 20.6. The molecule has 7 rings (SSSR count). The first-order valence-electron chi connectivity index (χ1n) is 15.6. The van der Waals surface area contributed by atoms with Gasteiger partial charge in [-0.2, -0.15) is 15.1 Å². The molecule has 2 N–H and O–H groups in total. The van der Waals surface area contributed by atoms with Gasteiger partial charge in [-0.05, 0) is 83.1 Å². The highest BCUT2D eigenvalue weighted by molar-refractivity contribution is 6.06. The molecular formula is C33H39FN6O5. The van der Waals surface area contributed by atoms with Gasteiger partial charge in [-0.25, -0.2) is 9.18 Å². The van der Waals surface area contributed by atoms with Crippen molar-refractivity contribution in [1.29, 1.82) is 0 Å². The molecule has 1 amide bonds. The summed E-state index contributed by atoms with van der Waals surface area (Å²) < 4.78 is 32.3. The Morgan fingerprint density at radius 1 is 1.16 bits per heavy atom. The van der Waals surface area contributed by atoms with Crippen molar-refractivity contribution >= 4 is 33.7 Å². The SMILES string of the molecule is CO[C@@H](C)COc1nc(N2C[C@@H]3C[C@H]2CN3C(=O)OC(C)(C)C)c2cc(C3CC3)c(-c3c(C)c(F)cc4[nH]ncc34)c(O)c2n1. The maximum Gasteiger partial charge on any atom is 0.410 e. The van der Waals surface area contributed by atoms with Gasteiger partial charge in [0.1, 0.15) is 35.1 Å². The molecular weight excluding hydrogens is 579 g/mol. The lowest BCUT2D eigenvalue weighted by Gasteiger charge is -2.36. The number of phenolic OH excluding ortho intramolecular Hbond substituents is 1. The van der Waals surface area contributed by atoms with E-state index in [1.165, 1.54) is 6.07 Å². The van der Waals surface area contributed by atoms with Crippen LogP contribution in [0.4, 0.5) is 15.0 Å². The molecule has 3 aliphatic rings. The summed E-state index contributed by atoms with van der Waals surface area (Å²) in [6, 6.07) is 3.58. The van der Waals surface area contributed by atoms with Gasteiger partial charge in [0.15, 0.2) is 0 Å². The van der Waals surface area contributed by atoms with Crippen LogP contribution >= 0.6 is 0 Å². The molecule has 4 aromatic rings. The molecule has 2 aliphatic heterocycles. The van der Waals surface area contributed by atoms with Crippen molar-refractivity contribution in [3.05, 3.63) is 35.3 Å². The van der Waals surface area contributed by atoms with Crippen molar-refractivity contribution in [3.8, 4) is 22.9 Å². The molecule has 2 saturated heterocycles. The Balaban J connectivity index is 1.37. The second kappa shape index (κ2) is 10.7. The van der Waals surface area contributed by atoms with Crippen LogP contribution < -0.4 is 9.64 Å². The van der Waals surface area contributed by atoms with Crippen LogP contribution in [0.5, 0.6) is 11.8 Å². The minimum atomic E-state index is -0.580. The fourth-order valence-electron chi connectivity index (χ4n) is 6.71. The number of H-pyrrole nitrogens is 1. The number of piperazine rings is 1. The molecule has 2 bridgehead atoms. The first-order valence-corrected chi connectivity index (χ1v) is 15.6. The number of hydrogen-bond acceptors (Lipinski definition) is 9.